The van der Waals surface area contributed by atoms with Gasteiger partial charge in [-0.25, -0.2) is 16.8 Å². The number of carbonyl (C=O) groups is 11. The predicted octanol–water partition coefficient (Wildman–Crippen LogP) is 4.64. The first-order valence-corrected chi connectivity index (χ1v) is 42.3. The number of rotatable bonds is 30. The zero-order valence-corrected chi connectivity index (χ0v) is 76.0. The molecule has 2 aliphatic rings. The molecular formula is C81H126N18O27S4. The van der Waals surface area contributed by atoms with E-state index in [0.29, 0.717) is 53.8 Å². The Bertz CT molecular complexity index is 4990. The quantitative estimate of drug-likeness (QED) is 0.00978. The van der Waals surface area contributed by atoms with E-state index in [1.807, 2.05) is 17.8 Å². The molecule has 4 amide bonds. The molecule has 2 aliphatic heterocycles. The van der Waals surface area contributed by atoms with E-state index in [9.17, 15) is 89.8 Å². The molecule has 0 atom stereocenters. The van der Waals surface area contributed by atoms with Crippen molar-refractivity contribution in [3.05, 3.63) is 182 Å². The molecule has 0 saturated heterocycles. The number of aliphatic imine (C=N–C) groups is 5. The fourth-order valence-corrected chi connectivity index (χ4v) is 9.66. The number of hydrogen-bond donors (Lipinski definition) is 9. The number of carboxylic acids is 2. The van der Waals surface area contributed by atoms with E-state index < -0.39 is 162 Å². The number of carboxylic acid groups (broad SMARTS) is 2. The highest BCUT2D eigenvalue weighted by molar-refractivity contribution is 8.13. The number of nitro groups is 2. The Balaban J connectivity index is -0.000000390. The van der Waals surface area contributed by atoms with Crippen molar-refractivity contribution in [1.82, 2.24) is 49.9 Å². The molecule has 0 saturated carbocycles. The van der Waals surface area contributed by atoms with E-state index in [0.717, 1.165) is 58.3 Å². The summed E-state index contributed by atoms with van der Waals surface area (Å²) < 4.78 is 203. The molecule has 0 aliphatic carbocycles. The maximum atomic E-state index is 12.4. The van der Waals surface area contributed by atoms with Crippen LogP contribution in [0.5, 0.6) is 0 Å². The number of sulfonamides is 2. The number of likely N-dealkylation sites (N-methyl/N-ethyl adjacent to an activating group) is 6. The number of thioether (sulfide) groups is 2. The first kappa shape index (κ1) is 94.7. The third kappa shape index (κ3) is 69.2. The molecule has 45 nitrogen and oxygen atoms in total. The lowest BCUT2D eigenvalue weighted by Crippen LogP contribution is -2.44. The minimum absolute atomic E-state index is 0.00735. The van der Waals surface area contributed by atoms with Crippen LogP contribution in [0, 0.1) is 20.2 Å². The van der Waals surface area contributed by atoms with Crippen molar-refractivity contribution in [3.8, 4) is 0 Å². The van der Waals surface area contributed by atoms with Gasteiger partial charge in [-0.05, 0) is 75.9 Å². The Morgan fingerprint density at radius 3 is 1.29 bits per heavy atom. The van der Waals surface area contributed by atoms with E-state index >= 15 is 0 Å². The number of nitrogens with zero attached hydrogens (tertiary/aromatic N) is 12. The number of aliphatic hydroxyl groups is 1. The van der Waals surface area contributed by atoms with Crippen LogP contribution < -0.4 is 32.3 Å². The van der Waals surface area contributed by atoms with Crippen LogP contribution in [-0.4, -0.2) is 327 Å². The molecule has 0 radical (unpaired) electrons. The van der Waals surface area contributed by atoms with Gasteiger partial charge in [0.05, 0.1) is 32.8 Å². The number of hydrogen-bond acceptors (Lipinski definition) is 33. The number of amides is 4. The SMILES string of the molecule is C=CCCC(=O)NC(=NC)SC.C=CCCC(=O)O.C=CCO.CN=C(N)SC.[2H]C([2H])([2H])N(CC(=O)O)S(=O)(=O)c1ccc([N+](=O)[O-])cc1.[2H]C([2H])([2H])N(CC(=O)OCC=C)C(=NC)NC(=O)CCC=C.[2H]C([2H])([2H])N(CC(=O)OCC=C)S(=O)(=O)c1ccc([N+](=O)[O-])cc1.[2H]C([2H])([2H])N1CC(=O)OC/C=C\CCC(=O)NC1=NC.[2H]C([2H])([2H])N1CC(=O)OC/C=C\CCC(=O)NC1=NC.[2H]C([2H])([2H])NCC(=O)OCC=C. The van der Waals surface area contributed by atoms with Crippen LogP contribution in [0.3, 0.4) is 0 Å². The summed E-state index contributed by atoms with van der Waals surface area (Å²) in [6, 6.07) is 7.06. The zero-order chi connectivity index (χ0) is 116. The number of cyclic esters (lactones) is 2. The normalized spacial score (nSPS) is 16.5. The van der Waals surface area contributed by atoms with Crippen LogP contribution in [0.25, 0.3) is 0 Å². The van der Waals surface area contributed by atoms with Crippen molar-refractivity contribution < 1.29 is 143 Å². The van der Waals surface area contributed by atoms with Crippen molar-refractivity contribution in [2.75, 3.05) is 169 Å². The number of guanidine groups is 3. The van der Waals surface area contributed by atoms with E-state index in [2.05, 4.69) is 102 Å². The van der Waals surface area contributed by atoms with Gasteiger partial charge in [0.1, 0.15) is 65.8 Å². The van der Waals surface area contributed by atoms with E-state index in [1.54, 1.807) is 56.6 Å². The highest BCUT2D eigenvalue weighted by atomic mass is 32.2. The summed E-state index contributed by atoms with van der Waals surface area (Å²) >= 11 is 2.88. The highest BCUT2D eigenvalue weighted by Crippen LogP contribution is 2.20. The van der Waals surface area contributed by atoms with Crippen molar-refractivity contribution in [2.24, 2.45) is 30.7 Å². The van der Waals surface area contributed by atoms with Gasteiger partial charge in [0.2, 0.25) is 61.6 Å². The fourth-order valence-electron chi connectivity index (χ4n) is 7.06. The first-order chi connectivity index (χ1) is 68.6. The topological polar surface area (TPSA) is 613 Å². The van der Waals surface area contributed by atoms with E-state index in [4.69, 9.17) is 59.9 Å². The number of esters is 5. The standard InChI is InChI=1S/C13H21N3O3.C12H14N2O6S.2C11H17N3O3.C9H10N2O6S.C8H14N2OS.C6H11NO2.C5H8O2.C3H8N2S.C3H6O/c1-5-7-8-11(17)15-13(14-3)16(4)10-12(18)19-9-6-2;1-3-8-20-12(15)9-13(2)21(18,19)11-6-4-10(5-7-11)14(16)17;2*1-12-11-13-9(15)6-4-3-5-7-17-10(16)8-14(11)2;1-10(6-9(12)13)18(16,17)8-4-2-7(3-5-8)11(14)15;1-4-5-6-7(11)10-8(9-2)12-3;1-3-4-9-6(8)5-7-2;1-2-3-4-5(6)7;1-5-3(4)6-2;1-2-3-4/h5-6H,1-2,7-10H2,3-4H3,(H,14,15,17);3-7H,1,8-9H2,2H3;2*3,5H,4,6-8H2,1-2H3,(H,12,13,15);2-5H,6H2,1H3,(H,12,13);4H,1,5-6H2,2-3H3,(H,9,10,11);3,7H,1,4-5H2,2H3;2H,1,3-4H2,(H,6,7);1-2H3,(H2,4,5);2,4H,1,3H2/b;;2*5-3-;;;;;;/i4D3;3*2D3;1D3;;2D3;;;. The summed E-state index contributed by atoms with van der Waals surface area (Å²) in [5, 5.41) is 58.6. The largest absolute Gasteiger partial charge is 0.481 e. The molecule has 726 valence electrons. The summed E-state index contributed by atoms with van der Waals surface area (Å²) in [4.78, 5) is 163. The number of carbonyl (C=O) groups excluding carboxylic acids is 9. The second-order valence-electron chi connectivity index (χ2n) is 23.0. The number of aliphatic carboxylic acids is 2. The summed E-state index contributed by atoms with van der Waals surface area (Å²) in [6.45, 7) is 2.97. The average Bonchev–Trinajstić information content (AvgIpc) is 0.785. The van der Waals surface area contributed by atoms with Crippen LogP contribution in [0.15, 0.2) is 196 Å². The van der Waals surface area contributed by atoms with Crippen molar-refractivity contribution in [3.63, 3.8) is 0 Å². The van der Waals surface area contributed by atoms with E-state index in [-0.39, 0.29) is 127 Å². The van der Waals surface area contributed by atoms with Crippen LogP contribution >= 0.6 is 23.5 Å². The number of benzene rings is 2. The van der Waals surface area contributed by atoms with Crippen LogP contribution in [-0.2, 0) is 96.5 Å². The van der Waals surface area contributed by atoms with Gasteiger partial charge in [-0.15, -0.1) is 26.3 Å². The van der Waals surface area contributed by atoms with Gasteiger partial charge in [0, 0.05) is 151 Å². The Kier molecular flexibility index (Phi) is 58.7. The summed E-state index contributed by atoms with van der Waals surface area (Å²) in [5.74, 6) is -7.98. The number of amidine groups is 2. The number of ether oxygens (including phenoxy) is 5. The van der Waals surface area contributed by atoms with E-state index in [1.165, 1.54) is 69.0 Å². The third-order valence-corrected chi connectivity index (χ3v) is 17.6. The molecule has 0 unspecified atom stereocenters. The van der Waals surface area contributed by atoms with Crippen molar-refractivity contribution in [1.29, 1.82) is 0 Å². The molecule has 4 rings (SSSR count). The number of nitrogens with one attached hydrogen (secondary N) is 5. The third-order valence-electron chi connectivity index (χ3n) is 13.2. The lowest BCUT2D eigenvalue weighted by atomic mass is 10.3. The molecule has 0 bridgehead atoms. The second kappa shape index (κ2) is 80.6. The number of non-ortho nitro benzene ring substituents is 2. The summed E-state index contributed by atoms with van der Waals surface area (Å²) in [6.07, 6.45) is 24.6. The molecule has 0 spiro atoms. The minimum Gasteiger partial charge on any atom is -0.481 e. The smallest absolute Gasteiger partial charge is 0.325 e. The predicted molar refractivity (Wildman–Crippen MR) is 501 cm³/mol. The van der Waals surface area contributed by atoms with Gasteiger partial charge in [-0.1, -0.05) is 110 Å². The molecule has 10 N–H and O–H groups in total. The molecule has 2 aromatic rings. The van der Waals surface area contributed by atoms with Gasteiger partial charge >= 0.3 is 41.8 Å². The van der Waals surface area contributed by atoms with Crippen LogP contribution in [0.1, 0.15) is 88.9 Å². The Morgan fingerprint density at radius 1 is 0.577 bits per heavy atom. The monoisotopic (exact) mass is 1930 g/mol. The van der Waals surface area contributed by atoms with Gasteiger partial charge in [-0.2, -0.15) is 8.61 Å². The van der Waals surface area contributed by atoms with Gasteiger partial charge < -0.3 is 70.1 Å². The van der Waals surface area contributed by atoms with Crippen molar-refractivity contribution in [2.45, 2.75) is 74.0 Å². The maximum absolute atomic E-state index is 12.4. The molecule has 0 aromatic heterocycles. The van der Waals surface area contributed by atoms with Gasteiger partial charge in [0.25, 0.3) is 11.4 Å². The fraction of sp³-hybridized carbons (Fsp3) is 0.432. The number of nitrogens with two attached hydrogens (primary N) is 1. The molecule has 49 heteroatoms. The van der Waals surface area contributed by atoms with Crippen LogP contribution in [0.4, 0.5) is 11.4 Å². The highest BCUT2D eigenvalue weighted by Gasteiger charge is 2.26. The average molecular weight is 1930 g/mol. The Morgan fingerprint density at radius 2 is 0.985 bits per heavy atom. The lowest BCUT2D eigenvalue weighted by Gasteiger charge is -2.20. The molecular weight excluding hydrogens is 1790 g/mol. The molecule has 2 aromatic carbocycles. The van der Waals surface area contributed by atoms with Gasteiger partial charge in [-0.3, -0.25) is 114 Å². The Labute approximate surface area is 793 Å². The first-order valence-electron chi connectivity index (χ1n) is 46.0. The zero-order valence-electron chi connectivity index (χ0n) is 90.7. The molecule has 130 heavy (non-hydrogen) atoms. The molecule has 0 fully saturated rings. The summed E-state index contributed by atoms with van der Waals surface area (Å²) in [5.41, 5.74) is 4.44. The lowest BCUT2D eigenvalue weighted by molar-refractivity contribution is -0.385. The van der Waals surface area contributed by atoms with Crippen molar-refractivity contribution >= 4 is 149 Å². The maximum Gasteiger partial charge on any atom is 0.325 e. The Hall–Kier alpha value is -12.9. The summed E-state index contributed by atoms with van der Waals surface area (Å²) in [7, 11) is -1.91. The number of aliphatic hydroxyl groups excluding tert-OH is 1. The number of allylic oxidation sites excluding steroid dienone is 5. The second-order valence-corrected chi connectivity index (χ2v) is 28.4. The molecule has 2 heterocycles. The number of nitro benzene ring substituents is 2. The van der Waals surface area contributed by atoms with Gasteiger partial charge in [0.15, 0.2) is 10.3 Å². The van der Waals surface area contributed by atoms with Crippen LogP contribution in [0.2, 0.25) is 0 Å². The minimum atomic E-state index is -4.63.